The molecule has 0 fully saturated rings. The highest BCUT2D eigenvalue weighted by molar-refractivity contribution is 5.90. The van der Waals surface area contributed by atoms with E-state index in [4.69, 9.17) is 10.1 Å². The predicted octanol–water partition coefficient (Wildman–Crippen LogP) is 6.78. The molecule has 0 spiro atoms. The van der Waals surface area contributed by atoms with Gasteiger partial charge in [0.1, 0.15) is 22.9 Å². The average molecular weight is 587 g/mol. The summed E-state index contributed by atoms with van der Waals surface area (Å²) in [6, 6.07) is 32.8. The molecule has 1 atom stereocenters. The van der Waals surface area contributed by atoms with Gasteiger partial charge in [-0.3, -0.25) is 4.79 Å². The smallest absolute Gasteiger partial charge is 0.305 e. The molecule has 0 radical (unpaired) electrons. The van der Waals surface area contributed by atoms with E-state index < -0.39 is 17.3 Å². The van der Waals surface area contributed by atoms with Crippen molar-refractivity contribution in [1.82, 2.24) is 24.7 Å². The Kier molecular flexibility index (Phi) is 7.85. The van der Waals surface area contributed by atoms with E-state index in [1.165, 1.54) is 12.3 Å². The number of benzene rings is 3. The summed E-state index contributed by atoms with van der Waals surface area (Å²) in [5, 5.41) is 18.2. The Labute approximate surface area is 254 Å². The number of fused-ring (bicyclic) bond motifs is 1. The van der Waals surface area contributed by atoms with Crippen LogP contribution in [0.5, 0.6) is 0 Å². The van der Waals surface area contributed by atoms with Crippen molar-refractivity contribution in [3.8, 4) is 11.5 Å². The molecule has 6 aromatic rings. The normalized spacial score (nSPS) is 12.4. The van der Waals surface area contributed by atoms with Crippen LogP contribution in [0.15, 0.2) is 116 Å². The number of rotatable bonds is 10. The molecule has 0 aliphatic heterocycles. The van der Waals surface area contributed by atoms with Gasteiger partial charge in [-0.05, 0) is 34.7 Å². The SMILES string of the molecule is CC(C)[C@@H](CC(=O)O)Nc1ccnc(-c2nn(C(c3ccccc3)(c3ccccc3)c3ccccc3)c3ncc(F)cc23)n1. The van der Waals surface area contributed by atoms with Crippen molar-refractivity contribution in [2.45, 2.75) is 31.8 Å². The standard InChI is InChI=1S/C35H31FN6O2/c1-23(2)29(21-31(43)44)39-30-18-19-37-33(40-30)32-28-20-27(36)22-38-34(28)42(41-32)35(24-12-6-3-7-13-24,25-14-8-4-9-15-25)26-16-10-5-11-17-26/h3-20,22-23,29H,21H2,1-2H3,(H,43,44)(H,37,39,40)/t29-/m1/s1. The zero-order chi connectivity index (χ0) is 30.7. The fourth-order valence-electron chi connectivity index (χ4n) is 5.66. The summed E-state index contributed by atoms with van der Waals surface area (Å²) in [6.45, 7) is 3.89. The molecule has 3 aromatic carbocycles. The lowest BCUT2D eigenvalue weighted by Gasteiger charge is -2.36. The number of carboxylic acids is 1. The van der Waals surface area contributed by atoms with E-state index in [0.29, 0.717) is 22.5 Å². The largest absolute Gasteiger partial charge is 0.481 e. The number of halogens is 1. The van der Waals surface area contributed by atoms with Crippen molar-refractivity contribution in [1.29, 1.82) is 0 Å². The maximum absolute atomic E-state index is 14.9. The van der Waals surface area contributed by atoms with Crippen molar-refractivity contribution < 1.29 is 14.3 Å². The third-order valence-electron chi connectivity index (χ3n) is 7.78. The summed E-state index contributed by atoms with van der Waals surface area (Å²) in [7, 11) is 0. The predicted molar refractivity (Wildman–Crippen MR) is 168 cm³/mol. The Bertz CT molecular complexity index is 1800. The first-order valence-electron chi connectivity index (χ1n) is 14.4. The van der Waals surface area contributed by atoms with Crippen LogP contribution in [0.25, 0.3) is 22.6 Å². The number of aromatic nitrogens is 5. The molecule has 9 heteroatoms. The minimum Gasteiger partial charge on any atom is -0.481 e. The van der Waals surface area contributed by atoms with E-state index in [1.807, 2.05) is 110 Å². The summed E-state index contributed by atoms with van der Waals surface area (Å²) in [6.07, 6.45) is 2.70. The minimum absolute atomic E-state index is 0.0334. The van der Waals surface area contributed by atoms with Gasteiger partial charge < -0.3 is 10.4 Å². The molecule has 2 N–H and O–H groups in total. The second-order valence-corrected chi connectivity index (χ2v) is 11.0. The lowest BCUT2D eigenvalue weighted by atomic mass is 9.77. The fraction of sp³-hybridized carbons (Fsp3) is 0.171. The number of anilines is 1. The van der Waals surface area contributed by atoms with Crippen molar-refractivity contribution in [3.05, 3.63) is 138 Å². The highest BCUT2D eigenvalue weighted by Crippen LogP contribution is 2.43. The topological polar surface area (TPSA) is 106 Å². The Morgan fingerprint density at radius 1 is 0.886 bits per heavy atom. The molecule has 6 rings (SSSR count). The number of carbonyl (C=O) groups is 1. The molecule has 0 aliphatic rings. The van der Waals surface area contributed by atoms with Gasteiger partial charge in [-0.25, -0.2) is 24.0 Å². The van der Waals surface area contributed by atoms with Gasteiger partial charge in [0.15, 0.2) is 11.5 Å². The Hall–Kier alpha value is -5.44. The van der Waals surface area contributed by atoms with Crippen LogP contribution in [-0.4, -0.2) is 41.9 Å². The highest BCUT2D eigenvalue weighted by atomic mass is 19.1. The fourth-order valence-corrected chi connectivity index (χ4v) is 5.66. The Morgan fingerprint density at radius 3 is 1.98 bits per heavy atom. The first-order chi connectivity index (χ1) is 21.4. The molecule has 0 bridgehead atoms. The molecule has 3 heterocycles. The molecule has 3 aromatic heterocycles. The number of nitrogens with zero attached hydrogens (tertiary/aromatic N) is 5. The molecule has 0 aliphatic carbocycles. The van der Waals surface area contributed by atoms with Crippen LogP contribution < -0.4 is 5.32 Å². The van der Waals surface area contributed by atoms with Crippen LogP contribution in [0.4, 0.5) is 10.2 Å². The van der Waals surface area contributed by atoms with Gasteiger partial charge in [-0.15, -0.1) is 0 Å². The summed E-state index contributed by atoms with van der Waals surface area (Å²) in [4.78, 5) is 25.3. The van der Waals surface area contributed by atoms with E-state index in [9.17, 15) is 14.3 Å². The first-order valence-corrected chi connectivity index (χ1v) is 14.4. The lowest BCUT2D eigenvalue weighted by Crippen LogP contribution is -2.38. The molecule has 220 valence electrons. The van der Waals surface area contributed by atoms with Gasteiger partial charge >= 0.3 is 5.97 Å². The number of pyridine rings is 1. The number of hydrogen-bond acceptors (Lipinski definition) is 6. The van der Waals surface area contributed by atoms with Crippen LogP contribution >= 0.6 is 0 Å². The highest BCUT2D eigenvalue weighted by Gasteiger charge is 2.41. The van der Waals surface area contributed by atoms with E-state index >= 15 is 0 Å². The molecule has 44 heavy (non-hydrogen) atoms. The molecule has 0 amide bonds. The third-order valence-corrected chi connectivity index (χ3v) is 7.78. The van der Waals surface area contributed by atoms with Crippen molar-refractivity contribution >= 4 is 22.8 Å². The molecule has 0 saturated carbocycles. The van der Waals surface area contributed by atoms with Crippen LogP contribution in [0.2, 0.25) is 0 Å². The molecular formula is C35H31FN6O2. The maximum atomic E-state index is 14.9. The first kappa shape index (κ1) is 28.7. The summed E-state index contributed by atoms with van der Waals surface area (Å²) >= 11 is 0. The third kappa shape index (κ3) is 5.28. The number of carboxylic acid groups (broad SMARTS) is 1. The number of aliphatic carboxylic acids is 1. The summed E-state index contributed by atoms with van der Waals surface area (Å²) < 4.78 is 16.7. The second-order valence-electron chi connectivity index (χ2n) is 11.0. The second kappa shape index (κ2) is 12.0. The minimum atomic E-state index is -0.995. The van der Waals surface area contributed by atoms with Gasteiger partial charge in [-0.1, -0.05) is 105 Å². The van der Waals surface area contributed by atoms with Crippen LogP contribution in [0, 0.1) is 11.7 Å². The van der Waals surface area contributed by atoms with Gasteiger partial charge in [0.25, 0.3) is 0 Å². The van der Waals surface area contributed by atoms with Gasteiger partial charge in [-0.2, -0.15) is 5.10 Å². The quantitative estimate of drug-likeness (QED) is 0.171. The van der Waals surface area contributed by atoms with Gasteiger partial charge in [0.05, 0.1) is 18.0 Å². The van der Waals surface area contributed by atoms with Crippen molar-refractivity contribution in [3.63, 3.8) is 0 Å². The number of hydrogen-bond donors (Lipinski definition) is 2. The zero-order valence-corrected chi connectivity index (χ0v) is 24.3. The van der Waals surface area contributed by atoms with Crippen LogP contribution in [-0.2, 0) is 10.3 Å². The van der Waals surface area contributed by atoms with Crippen LogP contribution in [0.1, 0.15) is 37.0 Å². The van der Waals surface area contributed by atoms with E-state index in [-0.39, 0.29) is 24.2 Å². The van der Waals surface area contributed by atoms with E-state index in [2.05, 4.69) is 15.3 Å². The Balaban J connectivity index is 1.63. The lowest BCUT2D eigenvalue weighted by molar-refractivity contribution is -0.137. The molecular weight excluding hydrogens is 555 g/mol. The molecule has 0 unspecified atom stereocenters. The summed E-state index contributed by atoms with van der Waals surface area (Å²) in [5.41, 5.74) is 2.61. The van der Waals surface area contributed by atoms with E-state index in [0.717, 1.165) is 16.7 Å². The van der Waals surface area contributed by atoms with Gasteiger partial charge in [0.2, 0.25) is 0 Å². The monoisotopic (exact) mass is 586 g/mol. The number of nitrogens with one attached hydrogen (secondary N) is 1. The molecule has 8 nitrogen and oxygen atoms in total. The van der Waals surface area contributed by atoms with Crippen LogP contribution in [0.3, 0.4) is 0 Å². The van der Waals surface area contributed by atoms with Crippen molar-refractivity contribution in [2.75, 3.05) is 5.32 Å². The molecule has 0 saturated heterocycles. The summed E-state index contributed by atoms with van der Waals surface area (Å²) in [5.74, 6) is -0.685. The van der Waals surface area contributed by atoms with Crippen molar-refractivity contribution in [2.24, 2.45) is 5.92 Å². The van der Waals surface area contributed by atoms with E-state index in [1.54, 1.807) is 12.3 Å². The maximum Gasteiger partial charge on any atom is 0.305 e. The zero-order valence-electron chi connectivity index (χ0n) is 24.3. The average Bonchev–Trinajstić information content (AvgIpc) is 3.41. The van der Waals surface area contributed by atoms with Gasteiger partial charge in [0, 0.05) is 12.2 Å². The Morgan fingerprint density at radius 2 is 1.45 bits per heavy atom.